The fourth-order valence-corrected chi connectivity index (χ4v) is 4.08. The summed E-state index contributed by atoms with van der Waals surface area (Å²) in [6, 6.07) is 5.47. The third-order valence-corrected chi connectivity index (χ3v) is 5.52. The summed E-state index contributed by atoms with van der Waals surface area (Å²) in [4.78, 5) is 17.2. The lowest BCUT2D eigenvalue weighted by atomic mass is 9.89. The van der Waals surface area contributed by atoms with E-state index in [-0.39, 0.29) is 12.7 Å². The van der Waals surface area contributed by atoms with E-state index in [1.54, 1.807) is 6.07 Å². The van der Waals surface area contributed by atoms with E-state index in [1.807, 2.05) is 17.0 Å². The third kappa shape index (κ3) is 3.36. The molecule has 2 fully saturated rings. The average Bonchev–Trinajstić information content (AvgIpc) is 3.10. The number of ether oxygens (including phenoxy) is 2. The summed E-state index contributed by atoms with van der Waals surface area (Å²) >= 11 is 0. The fraction of sp³-hybridized carbons (Fsp3) is 0.632. The fourth-order valence-electron chi connectivity index (χ4n) is 4.08. The van der Waals surface area contributed by atoms with Gasteiger partial charge >= 0.3 is 0 Å². The molecule has 0 aromatic heterocycles. The molecule has 0 bridgehead atoms. The summed E-state index contributed by atoms with van der Waals surface area (Å²) in [6.07, 6.45) is 6.97. The molecule has 1 saturated carbocycles. The van der Waals surface area contributed by atoms with Gasteiger partial charge in [0.25, 0.3) is 5.91 Å². The van der Waals surface area contributed by atoms with E-state index >= 15 is 0 Å². The van der Waals surface area contributed by atoms with Gasteiger partial charge in [-0.3, -0.25) is 9.69 Å². The molecule has 1 aromatic rings. The number of hydrogen-bond acceptors (Lipinski definition) is 4. The molecule has 2 aliphatic heterocycles. The van der Waals surface area contributed by atoms with Crippen molar-refractivity contribution in [3.63, 3.8) is 0 Å². The summed E-state index contributed by atoms with van der Waals surface area (Å²) in [5.74, 6) is 2.38. The molecule has 2 heterocycles. The van der Waals surface area contributed by atoms with E-state index in [2.05, 4.69) is 4.90 Å². The van der Waals surface area contributed by atoms with E-state index in [0.717, 1.165) is 37.8 Å². The monoisotopic (exact) mass is 330 g/mol. The van der Waals surface area contributed by atoms with E-state index < -0.39 is 0 Å². The molecule has 0 atom stereocenters. The number of fused-ring (bicyclic) bond motifs is 1. The molecule has 0 N–H and O–H groups in total. The van der Waals surface area contributed by atoms with Crippen LogP contribution in [0.1, 0.15) is 42.5 Å². The molecule has 4 rings (SSSR count). The van der Waals surface area contributed by atoms with Crippen LogP contribution >= 0.6 is 0 Å². The second kappa shape index (κ2) is 7.01. The molecular formula is C19H26N2O3. The lowest BCUT2D eigenvalue weighted by molar-refractivity contribution is 0.0606. The largest absolute Gasteiger partial charge is 0.454 e. The number of amides is 1. The number of benzene rings is 1. The molecule has 1 aromatic carbocycles. The molecule has 1 saturated heterocycles. The van der Waals surface area contributed by atoms with Crippen molar-refractivity contribution in [3.8, 4) is 11.5 Å². The van der Waals surface area contributed by atoms with Gasteiger partial charge in [-0.15, -0.1) is 0 Å². The maximum atomic E-state index is 12.7. The van der Waals surface area contributed by atoms with Crippen molar-refractivity contribution in [1.29, 1.82) is 0 Å². The zero-order valence-electron chi connectivity index (χ0n) is 14.2. The highest BCUT2D eigenvalue weighted by Gasteiger charge is 2.25. The van der Waals surface area contributed by atoms with E-state index in [0.29, 0.717) is 11.3 Å². The standard InChI is InChI=1S/C19H26N2O3/c22-19(16-6-7-17-18(12-16)24-14-23-17)21-10-8-20(9-11-21)13-15-4-2-1-3-5-15/h6-7,12,15H,1-5,8-11,13-14H2. The van der Waals surface area contributed by atoms with E-state index in [1.165, 1.54) is 38.6 Å². The highest BCUT2D eigenvalue weighted by Crippen LogP contribution is 2.33. The Kier molecular flexibility index (Phi) is 4.60. The molecule has 1 amide bonds. The van der Waals surface area contributed by atoms with E-state index in [9.17, 15) is 4.79 Å². The molecule has 0 unspecified atom stereocenters. The van der Waals surface area contributed by atoms with Gasteiger partial charge in [-0.05, 0) is 37.0 Å². The molecule has 0 radical (unpaired) electrons. The maximum absolute atomic E-state index is 12.7. The summed E-state index contributed by atoms with van der Waals surface area (Å²) in [5, 5.41) is 0. The van der Waals surface area contributed by atoms with E-state index in [4.69, 9.17) is 9.47 Å². The summed E-state index contributed by atoms with van der Waals surface area (Å²) < 4.78 is 10.7. The second-order valence-corrected chi connectivity index (χ2v) is 7.16. The zero-order chi connectivity index (χ0) is 16.4. The van der Waals surface area contributed by atoms with Crippen molar-refractivity contribution >= 4 is 5.91 Å². The Morgan fingerprint density at radius 3 is 2.54 bits per heavy atom. The van der Waals surface area contributed by atoms with Crippen LogP contribution in [0.25, 0.3) is 0 Å². The van der Waals surface area contributed by atoms with Crippen LogP contribution in [0.3, 0.4) is 0 Å². The molecular weight excluding hydrogens is 304 g/mol. The first kappa shape index (κ1) is 15.8. The maximum Gasteiger partial charge on any atom is 0.254 e. The Hall–Kier alpha value is -1.75. The number of nitrogens with zero attached hydrogens (tertiary/aromatic N) is 2. The molecule has 1 aliphatic carbocycles. The molecule has 24 heavy (non-hydrogen) atoms. The van der Waals surface area contributed by atoms with Crippen LogP contribution in [0.2, 0.25) is 0 Å². The second-order valence-electron chi connectivity index (χ2n) is 7.16. The topological polar surface area (TPSA) is 42.0 Å². The first-order valence-corrected chi connectivity index (χ1v) is 9.21. The molecule has 5 heteroatoms. The van der Waals surface area contributed by atoms with Crippen molar-refractivity contribution in [1.82, 2.24) is 9.80 Å². The summed E-state index contributed by atoms with van der Waals surface area (Å²) in [6.45, 7) is 5.08. The highest BCUT2D eigenvalue weighted by atomic mass is 16.7. The Morgan fingerprint density at radius 1 is 1.00 bits per heavy atom. The predicted octanol–water partition coefficient (Wildman–Crippen LogP) is 2.75. The van der Waals surface area contributed by atoms with Gasteiger partial charge in [0.1, 0.15) is 0 Å². The van der Waals surface area contributed by atoms with Gasteiger partial charge < -0.3 is 14.4 Å². The van der Waals surface area contributed by atoms with Crippen LogP contribution in [0.15, 0.2) is 18.2 Å². The van der Waals surface area contributed by atoms with Crippen LogP contribution in [-0.4, -0.2) is 55.2 Å². The molecule has 130 valence electrons. The highest BCUT2D eigenvalue weighted by molar-refractivity contribution is 5.95. The van der Waals surface area contributed by atoms with Crippen LogP contribution < -0.4 is 9.47 Å². The molecule has 0 spiro atoms. The van der Waals surface area contributed by atoms with Gasteiger partial charge in [-0.2, -0.15) is 0 Å². The van der Waals surface area contributed by atoms with Gasteiger partial charge in [0.05, 0.1) is 0 Å². The smallest absolute Gasteiger partial charge is 0.254 e. The number of carbonyl (C=O) groups is 1. The minimum absolute atomic E-state index is 0.102. The van der Waals surface area contributed by atoms with Crippen molar-refractivity contribution in [3.05, 3.63) is 23.8 Å². The summed E-state index contributed by atoms with van der Waals surface area (Å²) in [5.41, 5.74) is 0.694. The number of piperazine rings is 1. The average molecular weight is 330 g/mol. The number of rotatable bonds is 3. The Balaban J connectivity index is 1.31. The molecule has 5 nitrogen and oxygen atoms in total. The normalized spacial score (nSPS) is 21.9. The Morgan fingerprint density at radius 2 is 1.75 bits per heavy atom. The van der Waals surface area contributed by atoms with Crippen LogP contribution in [0.5, 0.6) is 11.5 Å². The van der Waals surface area contributed by atoms with Crippen molar-refractivity contribution < 1.29 is 14.3 Å². The van der Waals surface area contributed by atoms with Gasteiger partial charge in [0.15, 0.2) is 11.5 Å². The SMILES string of the molecule is O=C(c1ccc2c(c1)OCO2)N1CCN(CC2CCCCC2)CC1. The van der Waals surface area contributed by atoms with Gasteiger partial charge in [-0.25, -0.2) is 0 Å². The van der Waals surface area contributed by atoms with Crippen LogP contribution in [-0.2, 0) is 0 Å². The number of hydrogen-bond donors (Lipinski definition) is 0. The van der Waals surface area contributed by atoms with Crippen LogP contribution in [0.4, 0.5) is 0 Å². The molecule has 3 aliphatic rings. The predicted molar refractivity (Wildman–Crippen MR) is 91.5 cm³/mol. The Bertz CT molecular complexity index is 590. The minimum Gasteiger partial charge on any atom is -0.454 e. The quantitative estimate of drug-likeness (QED) is 0.855. The van der Waals surface area contributed by atoms with Gasteiger partial charge in [-0.1, -0.05) is 19.3 Å². The lowest BCUT2D eigenvalue weighted by Crippen LogP contribution is -2.49. The zero-order valence-corrected chi connectivity index (χ0v) is 14.2. The Labute approximate surface area is 143 Å². The van der Waals surface area contributed by atoms with Crippen molar-refractivity contribution in [2.24, 2.45) is 5.92 Å². The summed E-state index contributed by atoms with van der Waals surface area (Å²) in [7, 11) is 0. The van der Waals surface area contributed by atoms with Crippen LogP contribution in [0, 0.1) is 5.92 Å². The minimum atomic E-state index is 0.102. The third-order valence-electron chi connectivity index (χ3n) is 5.52. The first-order valence-electron chi connectivity index (χ1n) is 9.21. The van der Waals surface area contributed by atoms with Crippen molar-refractivity contribution in [2.45, 2.75) is 32.1 Å². The number of carbonyl (C=O) groups excluding carboxylic acids is 1. The van der Waals surface area contributed by atoms with Gasteiger partial charge in [0, 0.05) is 38.3 Å². The first-order chi connectivity index (χ1) is 11.8. The van der Waals surface area contributed by atoms with Crippen molar-refractivity contribution in [2.75, 3.05) is 39.5 Å². The lowest BCUT2D eigenvalue weighted by Gasteiger charge is -2.37. The van der Waals surface area contributed by atoms with Gasteiger partial charge in [0.2, 0.25) is 6.79 Å².